The molecule has 0 aliphatic heterocycles. The lowest BCUT2D eigenvalue weighted by Gasteiger charge is -1.94. The van der Waals surface area contributed by atoms with Crippen molar-refractivity contribution in [3.63, 3.8) is 0 Å². The minimum absolute atomic E-state index is 0. The van der Waals surface area contributed by atoms with Crippen LogP contribution in [-0.2, 0) is 4.79 Å². The van der Waals surface area contributed by atoms with E-state index in [0.29, 0.717) is 5.57 Å². The van der Waals surface area contributed by atoms with E-state index in [-0.39, 0.29) is 18.3 Å². The molecule has 0 fully saturated rings. The van der Waals surface area contributed by atoms with Gasteiger partial charge >= 0.3 is 0 Å². The van der Waals surface area contributed by atoms with Gasteiger partial charge in [0.05, 0.1) is 0 Å². The van der Waals surface area contributed by atoms with Crippen molar-refractivity contribution in [3.05, 3.63) is 11.6 Å². The molecular weight excluding hydrogens is 140 g/mol. The number of nitrogens with one attached hydrogen (secondary N) is 1. The molecule has 9 heavy (non-hydrogen) atoms. The summed E-state index contributed by atoms with van der Waals surface area (Å²) in [6.45, 7) is 3.48. The van der Waals surface area contributed by atoms with Crippen molar-refractivity contribution in [1.82, 2.24) is 5.43 Å². The number of hydrogen-bond acceptors (Lipinski definition) is 2. The van der Waals surface area contributed by atoms with E-state index in [4.69, 9.17) is 5.84 Å². The lowest BCUT2D eigenvalue weighted by molar-refractivity contribution is -0.117. The van der Waals surface area contributed by atoms with Gasteiger partial charge in [-0.1, -0.05) is 6.08 Å². The smallest absolute Gasteiger partial charge is 0.260 e. The molecule has 54 valence electrons. The molecule has 3 nitrogen and oxygen atoms in total. The fraction of sp³-hybridized carbons (Fsp3) is 0.400. The fourth-order valence-electron chi connectivity index (χ4n) is 0.245. The molecule has 0 unspecified atom stereocenters. The van der Waals surface area contributed by atoms with Crippen LogP contribution in [0.1, 0.15) is 13.8 Å². The highest BCUT2D eigenvalue weighted by Crippen LogP contribution is 1.87. The van der Waals surface area contributed by atoms with Crippen LogP contribution >= 0.6 is 12.4 Å². The van der Waals surface area contributed by atoms with Gasteiger partial charge in [0.1, 0.15) is 0 Å². The maximum Gasteiger partial charge on any atom is 0.260 e. The van der Waals surface area contributed by atoms with Gasteiger partial charge < -0.3 is 0 Å². The van der Waals surface area contributed by atoms with Crippen LogP contribution in [0.4, 0.5) is 0 Å². The van der Waals surface area contributed by atoms with Gasteiger partial charge in [-0.15, -0.1) is 12.4 Å². The van der Waals surface area contributed by atoms with Crippen LogP contribution < -0.4 is 11.3 Å². The number of amides is 1. The van der Waals surface area contributed by atoms with Crippen LogP contribution in [0.5, 0.6) is 0 Å². The number of halogens is 1. The van der Waals surface area contributed by atoms with Crippen LogP contribution in [0.3, 0.4) is 0 Å². The summed E-state index contributed by atoms with van der Waals surface area (Å²) < 4.78 is 0. The highest BCUT2D eigenvalue weighted by Gasteiger charge is 1.95. The molecule has 0 rings (SSSR count). The summed E-state index contributed by atoms with van der Waals surface area (Å²) in [6, 6.07) is 0. The first-order valence-electron chi connectivity index (χ1n) is 2.36. The third-order valence-electron chi connectivity index (χ3n) is 0.922. The van der Waals surface area contributed by atoms with E-state index < -0.39 is 0 Å². The standard InChI is InChI=1S/C5H10N2O.ClH/c1-3-4(2)5(8)7-6;/h3H,6H2,1-2H3,(H,7,8);1H/b4-3-;. The largest absolute Gasteiger partial charge is 0.290 e. The molecule has 0 aliphatic rings. The highest BCUT2D eigenvalue weighted by molar-refractivity contribution is 5.92. The summed E-state index contributed by atoms with van der Waals surface area (Å²) >= 11 is 0. The third-order valence-corrected chi connectivity index (χ3v) is 0.922. The summed E-state index contributed by atoms with van der Waals surface area (Å²) in [4.78, 5) is 10.4. The Kier molecular flexibility index (Phi) is 7.01. The Balaban J connectivity index is 0. The second-order valence-electron chi connectivity index (χ2n) is 1.45. The maximum absolute atomic E-state index is 10.4. The number of hydrazine groups is 1. The summed E-state index contributed by atoms with van der Waals surface area (Å²) in [6.07, 6.45) is 1.70. The lowest BCUT2D eigenvalue weighted by Crippen LogP contribution is -2.30. The summed E-state index contributed by atoms with van der Waals surface area (Å²) in [5.74, 6) is 4.58. The maximum atomic E-state index is 10.4. The average Bonchev–Trinajstić information content (AvgIpc) is 1.84. The highest BCUT2D eigenvalue weighted by atomic mass is 35.5. The molecule has 0 atom stereocenters. The second kappa shape index (κ2) is 5.59. The molecule has 0 aliphatic carbocycles. The van der Waals surface area contributed by atoms with E-state index in [9.17, 15) is 4.79 Å². The first-order valence-corrected chi connectivity index (χ1v) is 2.36. The molecule has 0 heterocycles. The first kappa shape index (κ1) is 11.3. The number of allylic oxidation sites excluding steroid dienone is 1. The molecule has 0 bridgehead atoms. The Labute approximate surface area is 60.7 Å². The van der Waals surface area contributed by atoms with Gasteiger partial charge in [-0.05, 0) is 13.8 Å². The molecular formula is C5H11ClN2O. The molecule has 0 aromatic heterocycles. The summed E-state index contributed by atoms with van der Waals surface area (Å²) in [5.41, 5.74) is 2.64. The molecule has 1 amide bonds. The Morgan fingerprint density at radius 2 is 2.11 bits per heavy atom. The van der Waals surface area contributed by atoms with Crippen molar-refractivity contribution >= 4 is 18.3 Å². The lowest BCUT2D eigenvalue weighted by atomic mass is 10.3. The zero-order chi connectivity index (χ0) is 6.57. The quantitative estimate of drug-likeness (QED) is 0.246. The van der Waals surface area contributed by atoms with E-state index in [1.54, 1.807) is 19.9 Å². The number of rotatable bonds is 1. The molecule has 0 radical (unpaired) electrons. The average molecular weight is 151 g/mol. The second-order valence-corrected chi connectivity index (χ2v) is 1.45. The monoisotopic (exact) mass is 150 g/mol. The van der Waals surface area contributed by atoms with Crippen molar-refractivity contribution in [2.24, 2.45) is 5.84 Å². The number of nitrogens with two attached hydrogens (primary N) is 1. The van der Waals surface area contributed by atoms with Gasteiger partial charge in [-0.3, -0.25) is 10.2 Å². The summed E-state index contributed by atoms with van der Waals surface area (Å²) in [5, 5.41) is 0. The fourth-order valence-corrected chi connectivity index (χ4v) is 0.245. The van der Waals surface area contributed by atoms with Crippen molar-refractivity contribution in [2.45, 2.75) is 13.8 Å². The number of carbonyl (C=O) groups is 1. The van der Waals surface area contributed by atoms with Crippen molar-refractivity contribution < 1.29 is 4.79 Å². The Morgan fingerprint density at radius 3 is 2.22 bits per heavy atom. The van der Waals surface area contributed by atoms with Gasteiger partial charge in [0.2, 0.25) is 0 Å². The predicted octanol–water partition coefficient (Wildman–Crippen LogP) is 0.364. The minimum Gasteiger partial charge on any atom is -0.290 e. The molecule has 0 spiro atoms. The van der Waals surface area contributed by atoms with E-state index in [1.807, 2.05) is 5.43 Å². The van der Waals surface area contributed by atoms with Crippen molar-refractivity contribution in [3.8, 4) is 0 Å². The van der Waals surface area contributed by atoms with Crippen LogP contribution in [0, 0.1) is 0 Å². The zero-order valence-electron chi connectivity index (χ0n) is 5.47. The van der Waals surface area contributed by atoms with Gasteiger partial charge in [0.25, 0.3) is 5.91 Å². The van der Waals surface area contributed by atoms with Crippen LogP contribution in [0.15, 0.2) is 11.6 Å². The van der Waals surface area contributed by atoms with Crippen molar-refractivity contribution in [2.75, 3.05) is 0 Å². The van der Waals surface area contributed by atoms with Crippen LogP contribution in [-0.4, -0.2) is 5.91 Å². The number of hydrogen-bond donors (Lipinski definition) is 2. The van der Waals surface area contributed by atoms with E-state index in [2.05, 4.69) is 0 Å². The van der Waals surface area contributed by atoms with Crippen LogP contribution in [0.2, 0.25) is 0 Å². The molecule has 4 heteroatoms. The van der Waals surface area contributed by atoms with E-state index >= 15 is 0 Å². The SMILES string of the molecule is C/C=C(/C)C(=O)NN.Cl. The Morgan fingerprint density at radius 1 is 1.67 bits per heavy atom. The Bertz CT molecular complexity index is 122. The van der Waals surface area contributed by atoms with E-state index in [1.165, 1.54) is 0 Å². The van der Waals surface area contributed by atoms with Gasteiger partial charge in [0, 0.05) is 5.57 Å². The number of carbonyl (C=O) groups excluding carboxylic acids is 1. The predicted molar refractivity (Wildman–Crippen MR) is 39.0 cm³/mol. The molecule has 3 N–H and O–H groups in total. The Hall–Kier alpha value is -0.540. The molecule has 0 aromatic rings. The molecule has 0 saturated heterocycles. The van der Waals surface area contributed by atoms with Gasteiger partial charge in [-0.25, -0.2) is 5.84 Å². The zero-order valence-corrected chi connectivity index (χ0v) is 6.29. The molecule has 0 saturated carbocycles. The normalized spacial score (nSPS) is 9.89. The van der Waals surface area contributed by atoms with Crippen molar-refractivity contribution in [1.29, 1.82) is 0 Å². The first-order chi connectivity index (χ1) is 3.72. The molecule has 0 aromatic carbocycles. The van der Waals surface area contributed by atoms with E-state index in [0.717, 1.165) is 0 Å². The third kappa shape index (κ3) is 4.00. The van der Waals surface area contributed by atoms with Crippen LogP contribution in [0.25, 0.3) is 0 Å². The summed E-state index contributed by atoms with van der Waals surface area (Å²) in [7, 11) is 0. The minimum atomic E-state index is -0.229. The van der Waals surface area contributed by atoms with Gasteiger partial charge in [0.15, 0.2) is 0 Å². The topological polar surface area (TPSA) is 55.1 Å². The van der Waals surface area contributed by atoms with Gasteiger partial charge in [-0.2, -0.15) is 0 Å².